The molecule has 0 fully saturated rings. The molecule has 1 amide bonds. The van der Waals surface area contributed by atoms with Crippen LogP contribution in [-0.2, 0) is 4.79 Å². The van der Waals surface area contributed by atoms with Gasteiger partial charge < -0.3 is 15.2 Å². The standard InChI is InChI=1S/C16H14ClNO4/c1-10-5-7-11(8-6-10)22-9-14(19)18-13-4-2-3-12(17)15(13)16(20)21/h2-8H,9H2,1H3,(H,18,19)(H,20,21). The average Bonchev–Trinajstić information content (AvgIpc) is 2.46. The van der Waals surface area contributed by atoms with Crippen LogP contribution in [0.5, 0.6) is 5.75 Å². The molecule has 2 aromatic carbocycles. The van der Waals surface area contributed by atoms with Crippen LogP contribution in [0.2, 0.25) is 5.02 Å². The first kappa shape index (κ1) is 15.9. The molecule has 0 bridgehead atoms. The molecule has 0 aliphatic rings. The van der Waals surface area contributed by atoms with Crippen molar-refractivity contribution in [3.05, 3.63) is 58.6 Å². The van der Waals surface area contributed by atoms with E-state index in [2.05, 4.69) is 5.32 Å². The normalized spacial score (nSPS) is 10.1. The topological polar surface area (TPSA) is 75.6 Å². The highest BCUT2D eigenvalue weighted by atomic mass is 35.5. The van der Waals surface area contributed by atoms with Gasteiger partial charge in [-0.1, -0.05) is 35.4 Å². The number of carbonyl (C=O) groups is 2. The SMILES string of the molecule is Cc1ccc(OCC(=O)Nc2cccc(Cl)c2C(=O)O)cc1. The van der Waals surface area contributed by atoms with Crippen LogP contribution >= 0.6 is 11.6 Å². The van der Waals surface area contributed by atoms with Gasteiger partial charge in [0.25, 0.3) is 5.91 Å². The molecule has 2 N–H and O–H groups in total. The molecule has 5 nitrogen and oxygen atoms in total. The molecule has 22 heavy (non-hydrogen) atoms. The molecule has 0 saturated heterocycles. The van der Waals surface area contributed by atoms with Gasteiger partial charge in [0.05, 0.1) is 10.7 Å². The number of carboxylic acid groups (broad SMARTS) is 1. The zero-order valence-electron chi connectivity index (χ0n) is 11.8. The molecule has 0 aliphatic heterocycles. The molecule has 2 rings (SSSR count). The van der Waals surface area contributed by atoms with Gasteiger partial charge in [0.2, 0.25) is 0 Å². The number of halogens is 1. The lowest BCUT2D eigenvalue weighted by Gasteiger charge is -2.10. The predicted octanol–water partition coefficient (Wildman–Crippen LogP) is 3.36. The van der Waals surface area contributed by atoms with Crippen molar-refractivity contribution in [3.8, 4) is 5.75 Å². The Kier molecular flexibility index (Phi) is 5.01. The highest BCUT2D eigenvalue weighted by Gasteiger charge is 2.16. The van der Waals surface area contributed by atoms with E-state index in [0.29, 0.717) is 5.75 Å². The van der Waals surface area contributed by atoms with Gasteiger partial charge in [-0.25, -0.2) is 4.79 Å². The van der Waals surface area contributed by atoms with Crippen molar-refractivity contribution >= 4 is 29.2 Å². The van der Waals surface area contributed by atoms with Crippen molar-refractivity contribution in [3.63, 3.8) is 0 Å². The van der Waals surface area contributed by atoms with Gasteiger partial charge >= 0.3 is 5.97 Å². The second-order valence-electron chi connectivity index (χ2n) is 4.62. The Balaban J connectivity index is 2.02. The van der Waals surface area contributed by atoms with E-state index in [4.69, 9.17) is 21.4 Å². The number of ether oxygens (including phenoxy) is 1. The molecule has 0 spiro atoms. The maximum Gasteiger partial charge on any atom is 0.339 e. The largest absolute Gasteiger partial charge is 0.484 e. The quantitative estimate of drug-likeness (QED) is 0.886. The maximum atomic E-state index is 11.9. The molecule has 2 aromatic rings. The Hall–Kier alpha value is -2.53. The zero-order valence-corrected chi connectivity index (χ0v) is 12.6. The number of carboxylic acids is 1. The molecule has 0 atom stereocenters. The van der Waals surface area contributed by atoms with Crippen molar-refractivity contribution in [1.29, 1.82) is 0 Å². The van der Waals surface area contributed by atoms with Crippen molar-refractivity contribution in [2.45, 2.75) is 6.92 Å². The summed E-state index contributed by atoms with van der Waals surface area (Å²) in [6.45, 7) is 1.72. The Morgan fingerprint density at radius 3 is 2.50 bits per heavy atom. The molecule has 114 valence electrons. The average molecular weight is 320 g/mol. The third-order valence-corrected chi connectivity index (χ3v) is 3.21. The van der Waals surface area contributed by atoms with E-state index in [-0.39, 0.29) is 22.9 Å². The van der Waals surface area contributed by atoms with Crippen LogP contribution in [0, 0.1) is 6.92 Å². The minimum absolute atomic E-state index is 0.0600. The van der Waals surface area contributed by atoms with Crippen molar-refractivity contribution in [1.82, 2.24) is 0 Å². The Morgan fingerprint density at radius 2 is 1.86 bits per heavy atom. The van der Waals surface area contributed by atoms with Crippen LogP contribution < -0.4 is 10.1 Å². The number of amides is 1. The molecule has 6 heteroatoms. The summed E-state index contributed by atoms with van der Waals surface area (Å²) in [5.41, 5.74) is 1.08. The van der Waals surface area contributed by atoms with Crippen molar-refractivity contribution < 1.29 is 19.4 Å². The summed E-state index contributed by atoms with van der Waals surface area (Å²) in [6, 6.07) is 11.7. The number of aryl methyl sites for hydroxylation is 1. The van der Waals surface area contributed by atoms with Gasteiger partial charge in [-0.05, 0) is 31.2 Å². The predicted molar refractivity (Wildman–Crippen MR) is 83.7 cm³/mol. The van der Waals surface area contributed by atoms with Crippen molar-refractivity contribution in [2.75, 3.05) is 11.9 Å². The summed E-state index contributed by atoms with van der Waals surface area (Å²) in [6.07, 6.45) is 0. The minimum atomic E-state index is -1.21. The maximum absolute atomic E-state index is 11.9. The Morgan fingerprint density at radius 1 is 1.18 bits per heavy atom. The number of benzene rings is 2. The summed E-state index contributed by atoms with van der Waals surface area (Å²) in [4.78, 5) is 23.0. The van der Waals surface area contributed by atoms with Gasteiger partial charge in [0.15, 0.2) is 6.61 Å². The molecule has 0 unspecified atom stereocenters. The first-order valence-corrected chi connectivity index (χ1v) is 6.86. The van der Waals surface area contributed by atoms with Gasteiger partial charge in [-0.15, -0.1) is 0 Å². The van der Waals surface area contributed by atoms with Gasteiger partial charge in [-0.2, -0.15) is 0 Å². The first-order chi connectivity index (χ1) is 10.5. The molecule has 0 heterocycles. The number of anilines is 1. The van der Waals surface area contributed by atoms with E-state index in [1.165, 1.54) is 12.1 Å². The number of aromatic carboxylic acids is 1. The summed E-state index contributed by atoms with van der Waals surface area (Å²) in [7, 11) is 0. The highest BCUT2D eigenvalue weighted by Crippen LogP contribution is 2.24. The fourth-order valence-electron chi connectivity index (χ4n) is 1.82. The number of hydrogen-bond donors (Lipinski definition) is 2. The third-order valence-electron chi connectivity index (χ3n) is 2.89. The van der Waals surface area contributed by atoms with E-state index in [1.54, 1.807) is 18.2 Å². The van der Waals surface area contributed by atoms with E-state index in [9.17, 15) is 9.59 Å². The van der Waals surface area contributed by atoms with E-state index >= 15 is 0 Å². The molecular formula is C16H14ClNO4. The van der Waals surface area contributed by atoms with Crippen LogP contribution in [0.3, 0.4) is 0 Å². The van der Waals surface area contributed by atoms with Crippen LogP contribution in [0.15, 0.2) is 42.5 Å². The first-order valence-electron chi connectivity index (χ1n) is 6.48. The van der Waals surface area contributed by atoms with Crippen molar-refractivity contribution in [2.24, 2.45) is 0 Å². The summed E-state index contributed by atoms with van der Waals surface area (Å²) < 4.78 is 5.33. The number of nitrogens with one attached hydrogen (secondary N) is 1. The lowest BCUT2D eigenvalue weighted by atomic mass is 10.2. The summed E-state index contributed by atoms with van der Waals surface area (Å²) >= 11 is 5.83. The third kappa shape index (κ3) is 3.99. The lowest BCUT2D eigenvalue weighted by molar-refractivity contribution is -0.118. The van der Waals surface area contributed by atoms with E-state index in [1.807, 2.05) is 19.1 Å². The fourth-order valence-corrected chi connectivity index (χ4v) is 2.07. The Bertz CT molecular complexity index is 698. The number of hydrogen-bond acceptors (Lipinski definition) is 3. The van der Waals surface area contributed by atoms with Crippen LogP contribution in [0.25, 0.3) is 0 Å². The van der Waals surface area contributed by atoms with Gasteiger partial charge in [0, 0.05) is 0 Å². The lowest BCUT2D eigenvalue weighted by Crippen LogP contribution is -2.21. The monoisotopic (exact) mass is 319 g/mol. The number of carbonyl (C=O) groups excluding carboxylic acids is 1. The van der Waals surface area contributed by atoms with E-state index in [0.717, 1.165) is 5.56 Å². The second kappa shape index (κ2) is 6.95. The van der Waals surface area contributed by atoms with Gasteiger partial charge in [-0.3, -0.25) is 4.79 Å². The molecular weight excluding hydrogens is 306 g/mol. The fraction of sp³-hybridized carbons (Fsp3) is 0.125. The second-order valence-corrected chi connectivity index (χ2v) is 5.02. The van der Waals surface area contributed by atoms with Crippen LogP contribution in [-0.4, -0.2) is 23.6 Å². The minimum Gasteiger partial charge on any atom is -0.484 e. The zero-order chi connectivity index (χ0) is 16.1. The molecule has 0 aromatic heterocycles. The Labute approximate surface area is 132 Å². The van der Waals surface area contributed by atoms with Crippen LogP contribution in [0.1, 0.15) is 15.9 Å². The highest BCUT2D eigenvalue weighted by molar-refractivity contribution is 6.34. The molecule has 0 aliphatic carbocycles. The smallest absolute Gasteiger partial charge is 0.339 e. The van der Waals surface area contributed by atoms with Gasteiger partial charge in [0.1, 0.15) is 11.3 Å². The molecule has 0 radical (unpaired) electrons. The summed E-state index contributed by atoms with van der Waals surface area (Å²) in [5, 5.41) is 11.7. The van der Waals surface area contributed by atoms with Crippen LogP contribution in [0.4, 0.5) is 5.69 Å². The summed E-state index contributed by atoms with van der Waals surface area (Å²) in [5.74, 6) is -1.11. The number of rotatable bonds is 5. The molecule has 0 saturated carbocycles. The van der Waals surface area contributed by atoms with E-state index < -0.39 is 11.9 Å².